The molecule has 5 nitrogen and oxygen atoms in total. The third kappa shape index (κ3) is 4.61. The van der Waals surface area contributed by atoms with E-state index in [1.54, 1.807) is 7.11 Å². The van der Waals surface area contributed by atoms with Crippen LogP contribution >= 0.6 is 0 Å². The van der Waals surface area contributed by atoms with Crippen molar-refractivity contribution in [2.45, 2.75) is 25.8 Å². The van der Waals surface area contributed by atoms with Gasteiger partial charge in [-0.05, 0) is 25.3 Å². The maximum atomic E-state index is 11.7. The molecule has 100 valence electrons. The topological polar surface area (TPSA) is 67.6 Å². The van der Waals surface area contributed by atoms with Crippen molar-refractivity contribution in [3.8, 4) is 0 Å². The molecule has 0 aromatic heterocycles. The van der Waals surface area contributed by atoms with Crippen molar-refractivity contribution in [1.29, 1.82) is 0 Å². The zero-order valence-corrected chi connectivity index (χ0v) is 10.9. The Balaban J connectivity index is 2.21. The number of hydrogen-bond acceptors (Lipinski definition) is 4. The fraction of sp³-hybridized carbons (Fsp3) is 0.917. The van der Waals surface area contributed by atoms with Crippen LogP contribution in [0, 0.1) is 5.92 Å². The van der Waals surface area contributed by atoms with Crippen LogP contribution in [0.5, 0.6) is 0 Å². The number of carbonyl (C=O) groups excluding carboxylic acids is 1. The van der Waals surface area contributed by atoms with Gasteiger partial charge in [-0.1, -0.05) is 6.92 Å². The van der Waals surface area contributed by atoms with E-state index in [0.29, 0.717) is 38.2 Å². The summed E-state index contributed by atoms with van der Waals surface area (Å²) in [5.41, 5.74) is 5.74. The van der Waals surface area contributed by atoms with Gasteiger partial charge in [0.05, 0.1) is 6.54 Å². The van der Waals surface area contributed by atoms with Gasteiger partial charge in [0.25, 0.3) is 0 Å². The Morgan fingerprint density at radius 2 is 2.35 bits per heavy atom. The monoisotopic (exact) mass is 243 g/mol. The summed E-state index contributed by atoms with van der Waals surface area (Å²) in [6.07, 6.45) is 2.00. The molecular formula is C12H25N3O2. The molecule has 1 amide bonds. The normalized spacial score (nSPS) is 25.1. The lowest BCUT2D eigenvalue weighted by Crippen LogP contribution is -2.44. The summed E-state index contributed by atoms with van der Waals surface area (Å²) in [6.45, 7) is 5.66. The first-order valence-corrected chi connectivity index (χ1v) is 6.38. The lowest BCUT2D eigenvalue weighted by Gasteiger charge is -2.24. The molecule has 0 radical (unpaired) electrons. The summed E-state index contributed by atoms with van der Waals surface area (Å²) in [6, 6.07) is 0.361. The number of hydrogen-bond donors (Lipinski definition) is 2. The summed E-state index contributed by atoms with van der Waals surface area (Å²) < 4.78 is 4.93. The van der Waals surface area contributed by atoms with Gasteiger partial charge < -0.3 is 15.8 Å². The lowest BCUT2D eigenvalue weighted by atomic mass is 10.0. The minimum atomic E-state index is 0.0913. The highest BCUT2D eigenvalue weighted by atomic mass is 16.5. The number of nitrogens with two attached hydrogens (primary N) is 1. The van der Waals surface area contributed by atoms with E-state index in [1.807, 2.05) is 0 Å². The fourth-order valence-corrected chi connectivity index (χ4v) is 2.35. The molecule has 1 fully saturated rings. The van der Waals surface area contributed by atoms with E-state index in [1.165, 1.54) is 0 Å². The van der Waals surface area contributed by atoms with Crippen molar-refractivity contribution in [2.24, 2.45) is 11.7 Å². The Morgan fingerprint density at radius 3 is 3.00 bits per heavy atom. The lowest BCUT2D eigenvalue weighted by molar-refractivity contribution is -0.122. The first-order chi connectivity index (χ1) is 8.19. The van der Waals surface area contributed by atoms with Crippen molar-refractivity contribution in [3.05, 3.63) is 0 Å². The van der Waals surface area contributed by atoms with E-state index in [0.717, 1.165) is 19.4 Å². The van der Waals surface area contributed by atoms with Crippen molar-refractivity contribution in [2.75, 3.05) is 39.9 Å². The van der Waals surface area contributed by atoms with Gasteiger partial charge in [-0.15, -0.1) is 0 Å². The van der Waals surface area contributed by atoms with E-state index in [2.05, 4.69) is 17.1 Å². The molecule has 1 heterocycles. The van der Waals surface area contributed by atoms with Gasteiger partial charge >= 0.3 is 0 Å². The van der Waals surface area contributed by atoms with Crippen molar-refractivity contribution in [1.82, 2.24) is 10.2 Å². The summed E-state index contributed by atoms with van der Waals surface area (Å²) >= 11 is 0. The molecule has 2 atom stereocenters. The zero-order chi connectivity index (χ0) is 12.7. The molecule has 2 unspecified atom stereocenters. The highest BCUT2D eigenvalue weighted by Crippen LogP contribution is 2.22. The SMILES string of the molecule is COCCCNC(=O)CN1CCC(C)C1CN. The van der Waals surface area contributed by atoms with E-state index >= 15 is 0 Å². The van der Waals surface area contributed by atoms with E-state index in [9.17, 15) is 4.79 Å². The van der Waals surface area contributed by atoms with E-state index < -0.39 is 0 Å². The Bertz CT molecular complexity index is 236. The molecule has 3 N–H and O–H groups in total. The maximum absolute atomic E-state index is 11.7. The quantitative estimate of drug-likeness (QED) is 0.608. The fourth-order valence-electron chi connectivity index (χ4n) is 2.35. The molecule has 1 rings (SSSR count). The summed E-state index contributed by atoms with van der Waals surface area (Å²) in [4.78, 5) is 13.9. The van der Waals surface area contributed by atoms with Gasteiger partial charge in [-0.3, -0.25) is 9.69 Å². The highest BCUT2D eigenvalue weighted by Gasteiger charge is 2.30. The second kappa shape index (κ2) is 7.63. The van der Waals surface area contributed by atoms with Crippen LogP contribution in [0.25, 0.3) is 0 Å². The molecule has 17 heavy (non-hydrogen) atoms. The van der Waals surface area contributed by atoms with Crippen molar-refractivity contribution in [3.63, 3.8) is 0 Å². The second-order valence-electron chi connectivity index (χ2n) is 4.74. The maximum Gasteiger partial charge on any atom is 0.234 e. The Kier molecular flexibility index (Phi) is 6.47. The number of carbonyl (C=O) groups is 1. The number of amides is 1. The van der Waals surface area contributed by atoms with Crippen LogP contribution in [0.15, 0.2) is 0 Å². The van der Waals surface area contributed by atoms with Crippen LogP contribution in [0.1, 0.15) is 19.8 Å². The third-order valence-electron chi connectivity index (χ3n) is 3.43. The predicted octanol–water partition coefficient (Wildman–Crippen LogP) is -0.192. The molecule has 1 aliphatic heterocycles. The predicted molar refractivity (Wildman–Crippen MR) is 67.7 cm³/mol. The molecule has 0 saturated carbocycles. The standard InChI is InChI=1S/C12H25N3O2/c1-10-4-6-15(11(10)8-13)9-12(16)14-5-3-7-17-2/h10-11H,3-9,13H2,1-2H3,(H,14,16). The van der Waals surface area contributed by atoms with Crippen LogP contribution in [0.3, 0.4) is 0 Å². The Morgan fingerprint density at radius 1 is 1.59 bits per heavy atom. The second-order valence-corrected chi connectivity index (χ2v) is 4.74. The minimum absolute atomic E-state index is 0.0913. The van der Waals surface area contributed by atoms with Crippen molar-refractivity contribution < 1.29 is 9.53 Å². The van der Waals surface area contributed by atoms with E-state index in [4.69, 9.17) is 10.5 Å². The van der Waals surface area contributed by atoms with Gasteiger partial charge in [0.1, 0.15) is 0 Å². The summed E-state index contributed by atoms with van der Waals surface area (Å²) in [5.74, 6) is 0.690. The van der Waals surface area contributed by atoms with Gasteiger partial charge in [0.15, 0.2) is 0 Å². The largest absolute Gasteiger partial charge is 0.385 e. The van der Waals surface area contributed by atoms with Crippen LogP contribution < -0.4 is 11.1 Å². The molecule has 0 aromatic rings. The van der Waals surface area contributed by atoms with Crippen molar-refractivity contribution >= 4 is 5.91 Å². The number of methoxy groups -OCH3 is 1. The van der Waals surface area contributed by atoms with Gasteiger partial charge in [0, 0.05) is 32.8 Å². The molecule has 0 spiro atoms. The average molecular weight is 243 g/mol. The third-order valence-corrected chi connectivity index (χ3v) is 3.43. The van der Waals surface area contributed by atoms with Crippen LogP contribution in [-0.2, 0) is 9.53 Å². The summed E-state index contributed by atoms with van der Waals surface area (Å²) in [7, 11) is 1.67. The van der Waals surface area contributed by atoms with Crippen LogP contribution in [0.4, 0.5) is 0 Å². The molecule has 5 heteroatoms. The molecule has 1 saturated heterocycles. The molecule has 0 bridgehead atoms. The number of likely N-dealkylation sites (tertiary alicyclic amines) is 1. The number of rotatable bonds is 7. The van der Waals surface area contributed by atoms with Crippen LogP contribution in [0.2, 0.25) is 0 Å². The highest BCUT2D eigenvalue weighted by molar-refractivity contribution is 5.78. The average Bonchev–Trinajstić information content (AvgIpc) is 2.65. The van der Waals surface area contributed by atoms with Gasteiger partial charge in [-0.2, -0.15) is 0 Å². The Hall–Kier alpha value is -0.650. The molecule has 0 aliphatic carbocycles. The molecule has 1 aliphatic rings. The van der Waals surface area contributed by atoms with Crippen LogP contribution in [-0.4, -0.2) is 56.7 Å². The number of ether oxygens (including phenoxy) is 1. The van der Waals surface area contributed by atoms with Gasteiger partial charge in [-0.25, -0.2) is 0 Å². The zero-order valence-electron chi connectivity index (χ0n) is 10.9. The van der Waals surface area contributed by atoms with E-state index in [-0.39, 0.29) is 5.91 Å². The minimum Gasteiger partial charge on any atom is -0.385 e. The first-order valence-electron chi connectivity index (χ1n) is 6.38. The smallest absolute Gasteiger partial charge is 0.234 e. The summed E-state index contributed by atoms with van der Waals surface area (Å²) in [5, 5.41) is 2.90. The molecular weight excluding hydrogens is 218 g/mol. The molecule has 0 aromatic carbocycles. The number of nitrogens with zero attached hydrogens (tertiary/aromatic N) is 1. The Labute approximate surface area is 104 Å². The first kappa shape index (κ1) is 14.4. The van der Waals surface area contributed by atoms with Gasteiger partial charge in [0.2, 0.25) is 5.91 Å². The number of nitrogens with one attached hydrogen (secondary N) is 1.